The average molecular weight is 354 g/mol. The van der Waals surface area contributed by atoms with Gasteiger partial charge in [0.1, 0.15) is 0 Å². The zero-order valence-corrected chi connectivity index (χ0v) is 13.5. The molecule has 0 spiro atoms. The molecule has 1 aromatic rings. The van der Waals surface area contributed by atoms with E-state index in [2.05, 4.69) is 29.6 Å². The third kappa shape index (κ3) is 6.14. The molecule has 25 heavy (non-hydrogen) atoms. The molecule has 0 aliphatic carbocycles. The van der Waals surface area contributed by atoms with Crippen molar-refractivity contribution in [2.24, 2.45) is 5.73 Å². The summed E-state index contributed by atoms with van der Waals surface area (Å²) < 4.78 is 0. The number of carbonyl (C=O) groups is 3. The molecule has 1 aliphatic rings. The van der Waals surface area contributed by atoms with Gasteiger partial charge in [0.25, 0.3) is 0 Å². The fraction of sp³-hybridized carbons (Fsp3) is 0.438. The molecule has 0 saturated carbocycles. The van der Waals surface area contributed by atoms with E-state index >= 15 is 0 Å². The highest BCUT2D eigenvalue weighted by Gasteiger charge is 2.40. The molecule has 0 aromatic heterocycles. The van der Waals surface area contributed by atoms with Crippen LogP contribution in [0.1, 0.15) is 30.0 Å². The van der Waals surface area contributed by atoms with Crippen molar-refractivity contribution >= 4 is 17.9 Å². The molecule has 9 heteroatoms. The third-order valence-electron chi connectivity index (χ3n) is 3.74. The highest BCUT2D eigenvalue weighted by Crippen LogP contribution is 2.21. The molecule has 138 valence electrons. The summed E-state index contributed by atoms with van der Waals surface area (Å²) in [4.78, 5) is 30.5. The van der Waals surface area contributed by atoms with Gasteiger partial charge in [-0.25, -0.2) is 4.79 Å². The van der Waals surface area contributed by atoms with Crippen LogP contribution in [0.15, 0.2) is 24.3 Å². The normalized spacial score (nSPS) is 16.2. The minimum Gasteiger partial charge on any atom is -0.481 e. The zero-order chi connectivity index (χ0) is 19.0. The molecule has 0 saturated heterocycles. The maximum Gasteiger partial charge on any atom is 0.336 e. The molecule has 1 aromatic carbocycles. The summed E-state index contributed by atoms with van der Waals surface area (Å²) in [5.41, 5.74) is 5.75. The van der Waals surface area contributed by atoms with Gasteiger partial charge in [-0.05, 0) is 24.1 Å². The van der Waals surface area contributed by atoms with Gasteiger partial charge >= 0.3 is 17.9 Å². The summed E-state index contributed by atoms with van der Waals surface area (Å²) in [6.45, 7) is 1.75. The molecule has 1 aliphatic heterocycles. The van der Waals surface area contributed by atoms with E-state index in [1.165, 1.54) is 11.1 Å². The number of benzene rings is 1. The quantitative estimate of drug-likeness (QED) is 0.397. The van der Waals surface area contributed by atoms with Crippen molar-refractivity contribution < 1.29 is 34.8 Å². The molecule has 0 bridgehead atoms. The topological polar surface area (TPSA) is 170 Å². The second kappa shape index (κ2) is 9.11. The fourth-order valence-electron chi connectivity index (χ4n) is 2.52. The molecule has 1 unspecified atom stereocenters. The first-order valence-electron chi connectivity index (χ1n) is 7.60. The number of carboxylic acid groups (broad SMARTS) is 3. The van der Waals surface area contributed by atoms with Crippen LogP contribution in [-0.2, 0) is 20.8 Å². The van der Waals surface area contributed by atoms with Crippen LogP contribution in [0, 0.1) is 0 Å². The highest BCUT2D eigenvalue weighted by molar-refractivity contribution is 5.88. The van der Waals surface area contributed by atoms with Gasteiger partial charge < -0.3 is 31.5 Å². The van der Waals surface area contributed by atoms with Crippen LogP contribution in [-0.4, -0.2) is 57.0 Å². The van der Waals surface area contributed by atoms with Gasteiger partial charge in [0.15, 0.2) is 5.60 Å². The molecule has 7 N–H and O–H groups in total. The largest absolute Gasteiger partial charge is 0.481 e. The SMILES string of the molecule is NCC1NCCc2ccccc21.O=C(O)CC(O)(CC(=O)O)C(=O)O. The van der Waals surface area contributed by atoms with Crippen LogP contribution >= 0.6 is 0 Å². The lowest BCUT2D eigenvalue weighted by atomic mass is 9.95. The lowest BCUT2D eigenvalue weighted by Gasteiger charge is -2.25. The van der Waals surface area contributed by atoms with E-state index in [0.29, 0.717) is 12.6 Å². The summed E-state index contributed by atoms with van der Waals surface area (Å²) in [6.07, 6.45) is -1.16. The van der Waals surface area contributed by atoms with E-state index < -0.39 is 36.4 Å². The van der Waals surface area contributed by atoms with E-state index in [1.54, 1.807) is 0 Å². The Morgan fingerprint density at radius 1 is 1.12 bits per heavy atom. The first-order valence-corrected chi connectivity index (χ1v) is 7.60. The Bertz CT molecular complexity index is 617. The van der Waals surface area contributed by atoms with Gasteiger partial charge in [-0.15, -0.1) is 0 Å². The number of aliphatic carboxylic acids is 3. The van der Waals surface area contributed by atoms with Crippen molar-refractivity contribution in [2.75, 3.05) is 13.1 Å². The Morgan fingerprint density at radius 3 is 2.16 bits per heavy atom. The monoisotopic (exact) mass is 354 g/mol. The van der Waals surface area contributed by atoms with E-state index in [1.807, 2.05) is 0 Å². The van der Waals surface area contributed by atoms with Crippen molar-refractivity contribution in [3.05, 3.63) is 35.4 Å². The summed E-state index contributed by atoms with van der Waals surface area (Å²) >= 11 is 0. The number of nitrogens with one attached hydrogen (secondary N) is 1. The van der Waals surface area contributed by atoms with E-state index in [4.69, 9.17) is 26.2 Å². The van der Waals surface area contributed by atoms with E-state index in [-0.39, 0.29) is 0 Å². The van der Waals surface area contributed by atoms with Gasteiger partial charge in [0, 0.05) is 12.6 Å². The van der Waals surface area contributed by atoms with Gasteiger partial charge in [-0.3, -0.25) is 9.59 Å². The summed E-state index contributed by atoms with van der Waals surface area (Å²) in [5, 5.41) is 37.2. The van der Waals surface area contributed by atoms with E-state index in [0.717, 1.165) is 13.0 Å². The lowest BCUT2D eigenvalue weighted by molar-refractivity contribution is -0.170. The Morgan fingerprint density at radius 2 is 1.68 bits per heavy atom. The minimum atomic E-state index is -2.74. The Labute approximate surface area is 144 Å². The molecule has 2 rings (SSSR count). The number of nitrogens with two attached hydrogens (primary N) is 1. The predicted octanol–water partition coefficient (Wildman–Crippen LogP) is -0.416. The van der Waals surface area contributed by atoms with Gasteiger partial charge in [-0.2, -0.15) is 0 Å². The van der Waals surface area contributed by atoms with Crippen molar-refractivity contribution in [3.63, 3.8) is 0 Å². The van der Waals surface area contributed by atoms with Gasteiger partial charge in [0.05, 0.1) is 12.8 Å². The standard InChI is InChI=1S/C10H14N2.C6H8O7/c11-7-10-9-4-2-1-3-8(9)5-6-12-10;7-3(8)1-6(13,5(11)12)2-4(9)10/h1-4,10,12H,5-7,11H2;13H,1-2H2,(H,7,8)(H,9,10)(H,11,12). The molecule has 0 fully saturated rings. The molecular formula is C16H22N2O7. The first-order chi connectivity index (χ1) is 11.7. The predicted molar refractivity (Wildman–Crippen MR) is 87.0 cm³/mol. The second-order valence-corrected chi connectivity index (χ2v) is 5.67. The van der Waals surface area contributed by atoms with Crippen molar-refractivity contribution in [1.82, 2.24) is 5.32 Å². The van der Waals surface area contributed by atoms with Crippen LogP contribution in [0.5, 0.6) is 0 Å². The lowest BCUT2D eigenvalue weighted by Crippen LogP contribution is -2.42. The maximum atomic E-state index is 10.3. The number of aliphatic hydroxyl groups is 1. The molecular weight excluding hydrogens is 332 g/mol. The zero-order valence-electron chi connectivity index (χ0n) is 13.5. The number of hydrogen-bond acceptors (Lipinski definition) is 6. The van der Waals surface area contributed by atoms with Crippen molar-refractivity contribution in [3.8, 4) is 0 Å². The molecule has 1 atom stereocenters. The maximum absolute atomic E-state index is 10.3. The summed E-state index contributed by atoms with van der Waals surface area (Å²) in [5.74, 6) is -5.02. The molecule has 0 radical (unpaired) electrons. The number of carboxylic acids is 3. The van der Waals surface area contributed by atoms with Gasteiger partial charge in [0.2, 0.25) is 0 Å². The second-order valence-electron chi connectivity index (χ2n) is 5.67. The van der Waals surface area contributed by atoms with Crippen LogP contribution in [0.3, 0.4) is 0 Å². The number of fused-ring (bicyclic) bond motifs is 1. The molecule has 9 nitrogen and oxygen atoms in total. The highest BCUT2D eigenvalue weighted by atomic mass is 16.4. The van der Waals surface area contributed by atoms with Crippen LogP contribution in [0.2, 0.25) is 0 Å². The molecule has 0 amide bonds. The smallest absolute Gasteiger partial charge is 0.336 e. The Kier molecular flexibility index (Phi) is 7.49. The molecule has 1 heterocycles. The minimum absolute atomic E-state index is 0.370. The number of hydrogen-bond donors (Lipinski definition) is 6. The number of rotatable bonds is 6. The van der Waals surface area contributed by atoms with E-state index in [9.17, 15) is 14.4 Å². The van der Waals surface area contributed by atoms with Crippen LogP contribution < -0.4 is 11.1 Å². The summed E-state index contributed by atoms with van der Waals surface area (Å²) in [7, 11) is 0. The fourth-order valence-corrected chi connectivity index (χ4v) is 2.52. The third-order valence-corrected chi connectivity index (χ3v) is 3.74. The van der Waals surface area contributed by atoms with Gasteiger partial charge in [-0.1, -0.05) is 24.3 Å². The first kappa shape index (κ1) is 20.6. The van der Waals surface area contributed by atoms with Crippen molar-refractivity contribution in [1.29, 1.82) is 0 Å². The summed E-state index contributed by atoms with van der Waals surface area (Å²) in [6, 6.07) is 8.90. The Balaban J connectivity index is 0.000000250. The average Bonchev–Trinajstić information content (AvgIpc) is 2.53. The van der Waals surface area contributed by atoms with Crippen molar-refractivity contribution in [2.45, 2.75) is 30.9 Å². The Hall–Kier alpha value is -2.49. The van der Waals surface area contributed by atoms with Crippen LogP contribution in [0.4, 0.5) is 0 Å². The van der Waals surface area contributed by atoms with Crippen LogP contribution in [0.25, 0.3) is 0 Å².